The number of nitrogens with zero attached hydrogens (tertiary/aromatic N) is 3. The van der Waals surface area contributed by atoms with Crippen molar-refractivity contribution in [1.29, 1.82) is 0 Å². The third kappa shape index (κ3) is 6.04. The van der Waals surface area contributed by atoms with Gasteiger partial charge in [-0.2, -0.15) is 0 Å². The molecule has 0 spiro atoms. The Morgan fingerprint density at radius 3 is 2.46 bits per heavy atom. The van der Waals surface area contributed by atoms with E-state index in [-0.39, 0.29) is 23.8 Å². The number of anilines is 1. The average molecular weight is 574 g/mol. The Morgan fingerprint density at radius 1 is 1.08 bits per heavy atom. The fraction of sp³-hybridized carbons (Fsp3) is 0.500. The van der Waals surface area contributed by atoms with Crippen molar-refractivity contribution in [3.63, 3.8) is 0 Å². The molecule has 2 aromatic rings. The van der Waals surface area contributed by atoms with E-state index in [2.05, 4.69) is 17.1 Å². The van der Waals surface area contributed by atoms with Crippen LogP contribution in [0.15, 0.2) is 42.5 Å². The fourth-order valence-corrected chi connectivity index (χ4v) is 6.20. The summed E-state index contributed by atoms with van der Waals surface area (Å²) in [6.07, 6.45) is 5.10. The van der Waals surface area contributed by atoms with Crippen molar-refractivity contribution in [2.24, 2.45) is 0 Å². The summed E-state index contributed by atoms with van der Waals surface area (Å²) >= 11 is 12.7. The van der Waals surface area contributed by atoms with Crippen LogP contribution in [0.1, 0.15) is 73.8 Å². The maximum Gasteiger partial charge on any atom is 0.253 e. The molecular formula is C30H38Cl2N4O3. The summed E-state index contributed by atoms with van der Waals surface area (Å²) < 4.78 is 0. The maximum absolute atomic E-state index is 13.5. The van der Waals surface area contributed by atoms with Crippen molar-refractivity contribution in [3.8, 4) is 0 Å². The van der Waals surface area contributed by atoms with E-state index in [1.165, 1.54) is 0 Å². The summed E-state index contributed by atoms with van der Waals surface area (Å²) in [6, 6.07) is 13.0. The Morgan fingerprint density at radius 2 is 1.82 bits per heavy atom. The molecule has 210 valence electrons. The molecule has 2 aliphatic heterocycles. The highest BCUT2D eigenvalue weighted by Crippen LogP contribution is 2.44. The van der Waals surface area contributed by atoms with Crippen molar-refractivity contribution in [3.05, 3.63) is 63.6 Å². The third-order valence-corrected chi connectivity index (χ3v) is 8.87. The van der Waals surface area contributed by atoms with Gasteiger partial charge in [-0.15, -0.1) is 0 Å². The molecule has 4 rings (SSSR count). The standard InChI is InChI=1S/C30H38Cl2N4O3/c1-4-5-16-34(3)28(38)21-9-12-23(13-10-21)35-18-15-30(29(39)33-2,36-17-7-6-8-27(36)37)20-26(35)22-11-14-24(31)25(32)19-22/h9-14,19,26H,4-8,15-18,20H2,1-3H3,(H,33,39). The molecule has 2 aliphatic rings. The largest absolute Gasteiger partial charge is 0.364 e. The monoisotopic (exact) mass is 572 g/mol. The second kappa shape index (κ2) is 12.6. The molecule has 2 saturated heterocycles. The van der Waals surface area contributed by atoms with Gasteiger partial charge in [-0.25, -0.2) is 0 Å². The Bertz CT molecular complexity index is 1210. The van der Waals surface area contributed by atoms with Gasteiger partial charge in [0.25, 0.3) is 5.91 Å². The highest BCUT2D eigenvalue weighted by molar-refractivity contribution is 6.42. The van der Waals surface area contributed by atoms with Crippen LogP contribution in [0.25, 0.3) is 0 Å². The summed E-state index contributed by atoms with van der Waals surface area (Å²) in [5.74, 6) is -0.114. The Labute approximate surface area is 241 Å². The zero-order valence-electron chi connectivity index (χ0n) is 23.0. The number of halogens is 2. The minimum atomic E-state index is -0.961. The highest BCUT2D eigenvalue weighted by atomic mass is 35.5. The van der Waals surface area contributed by atoms with Gasteiger partial charge in [-0.3, -0.25) is 14.4 Å². The SMILES string of the molecule is CCCCN(C)C(=O)c1ccc(N2CCC(C(=O)NC)(N3CCCCC3=O)CC2c2ccc(Cl)c(Cl)c2)cc1. The highest BCUT2D eigenvalue weighted by Gasteiger charge is 2.51. The molecule has 0 saturated carbocycles. The lowest BCUT2D eigenvalue weighted by Gasteiger charge is -2.52. The maximum atomic E-state index is 13.5. The fourth-order valence-electron chi connectivity index (χ4n) is 5.90. The Kier molecular flexibility index (Phi) is 9.44. The van der Waals surface area contributed by atoms with Crippen LogP contribution in [0.3, 0.4) is 0 Å². The molecule has 7 nitrogen and oxygen atoms in total. The lowest BCUT2D eigenvalue weighted by molar-refractivity contribution is -0.152. The summed E-state index contributed by atoms with van der Waals surface area (Å²) in [5.41, 5.74) is 1.53. The van der Waals surface area contributed by atoms with Crippen LogP contribution in [0.4, 0.5) is 5.69 Å². The van der Waals surface area contributed by atoms with Gasteiger partial charge >= 0.3 is 0 Å². The first-order chi connectivity index (χ1) is 18.7. The molecule has 9 heteroatoms. The van der Waals surface area contributed by atoms with Gasteiger partial charge < -0.3 is 20.0 Å². The molecular weight excluding hydrogens is 535 g/mol. The number of benzene rings is 2. The van der Waals surface area contributed by atoms with E-state index >= 15 is 0 Å². The quantitative estimate of drug-likeness (QED) is 0.440. The Balaban J connectivity index is 1.70. The van der Waals surface area contributed by atoms with Gasteiger partial charge in [0.2, 0.25) is 11.8 Å². The first-order valence-corrected chi connectivity index (χ1v) is 14.6. The number of carbonyl (C=O) groups excluding carboxylic acids is 3. The minimum Gasteiger partial charge on any atom is -0.364 e. The molecule has 2 heterocycles. The van der Waals surface area contributed by atoms with Crippen molar-refractivity contribution in [2.45, 2.75) is 63.5 Å². The third-order valence-electron chi connectivity index (χ3n) is 8.13. The Hall–Kier alpha value is -2.77. The van der Waals surface area contributed by atoms with E-state index in [4.69, 9.17) is 23.2 Å². The normalized spacial score (nSPS) is 21.6. The molecule has 3 amide bonds. The molecule has 2 fully saturated rings. The second-order valence-corrected chi connectivity index (χ2v) is 11.4. The minimum absolute atomic E-state index is 0.00285. The van der Waals surface area contributed by atoms with Crippen molar-refractivity contribution < 1.29 is 14.4 Å². The van der Waals surface area contributed by atoms with Gasteiger partial charge in [0, 0.05) is 57.8 Å². The van der Waals surface area contributed by atoms with Crippen LogP contribution in [0.2, 0.25) is 10.0 Å². The topological polar surface area (TPSA) is 73.0 Å². The number of likely N-dealkylation sites (N-methyl/N-ethyl adjacent to an activating group) is 1. The predicted molar refractivity (Wildman–Crippen MR) is 156 cm³/mol. The lowest BCUT2D eigenvalue weighted by atomic mass is 9.77. The summed E-state index contributed by atoms with van der Waals surface area (Å²) in [7, 11) is 3.46. The van der Waals surface area contributed by atoms with Crippen LogP contribution in [-0.2, 0) is 9.59 Å². The molecule has 39 heavy (non-hydrogen) atoms. The number of carbonyl (C=O) groups is 3. The average Bonchev–Trinajstić information content (AvgIpc) is 2.96. The molecule has 2 aromatic carbocycles. The van der Waals surface area contributed by atoms with Gasteiger partial charge in [-0.1, -0.05) is 42.6 Å². The van der Waals surface area contributed by atoms with E-state index in [0.29, 0.717) is 48.0 Å². The lowest BCUT2D eigenvalue weighted by Crippen LogP contribution is -2.65. The van der Waals surface area contributed by atoms with Gasteiger partial charge in [0.15, 0.2) is 0 Å². The van der Waals surface area contributed by atoms with Crippen molar-refractivity contribution in [1.82, 2.24) is 15.1 Å². The van der Waals surface area contributed by atoms with E-state index in [1.54, 1.807) is 18.0 Å². The van der Waals surface area contributed by atoms with Gasteiger partial charge in [-0.05, 0) is 67.6 Å². The molecule has 0 aromatic heterocycles. The molecule has 2 atom stereocenters. The molecule has 2 unspecified atom stereocenters. The van der Waals surface area contributed by atoms with Crippen molar-refractivity contribution >= 4 is 46.6 Å². The van der Waals surface area contributed by atoms with Gasteiger partial charge in [0.05, 0.1) is 16.1 Å². The second-order valence-electron chi connectivity index (χ2n) is 10.6. The van der Waals surface area contributed by atoms with Crippen LogP contribution in [-0.4, -0.2) is 66.8 Å². The van der Waals surface area contributed by atoms with Crippen molar-refractivity contribution in [2.75, 3.05) is 38.6 Å². The number of rotatable bonds is 8. The summed E-state index contributed by atoms with van der Waals surface area (Å²) in [5, 5.41) is 3.74. The first kappa shape index (κ1) is 29.2. The summed E-state index contributed by atoms with van der Waals surface area (Å²) in [6.45, 7) is 3.95. The van der Waals surface area contributed by atoms with E-state index in [1.807, 2.05) is 48.3 Å². The number of nitrogens with one attached hydrogen (secondary N) is 1. The van der Waals surface area contributed by atoms with E-state index in [9.17, 15) is 14.4 Å². The molecule has 1 N–H and O–H groups in total. The van der Waals surface area contributed by atoms with E-state index < -0.39 is 5.54 Å². The number of amides is 3. The van der Waals surface area contributed by atoms with Crippen LogP contribution in [0.5, 0.6) is 0 Å². The predicted octanol–water partition coefficient (Wildman–Crippen LogP) is 5.70. The zero-order valence-corrected chi connectivity index (χ0v) is 24.5. The van der Waals surface area contributed by atoms with Crippen LogP contribution in [0, 0.1) is 0 Å². The molecule has 0 radical (unpaired) electrons. The number of hydrogen-bond donors (Lipinski definition) is 1. The number of hydrogen-bond acceptors (Lipinski definition) is 4. The molecule has 0 aliphatic carbocycles. The first-order valence-electron chi connectivity index (χ1n) is 13.8. The van der Waals surface area contributed by atoms with Crippen LogP contribution < -0.4 is 10.2 Å². The zero-order chi connectivity index (χ0) is 28.2. The van der Waals surface area contributed by atoms with Gasteiger partial charge in [0.1, 0.15) is 5.54 Å². The smallest absolute Gasteiger partial charge is 0.253 e. The number of unbranched alkanes of at least 4 members (excludes halogenated alkanes) is 1. The van der Waals surface area contributed by atoms with Crippen LogP contribution >= 0.6 is 23.2 Å². The van der Waals surface area contributed by atoms with E-state index in [0.717, 1.165) is 43.5 Å². The summed E-state index contributed by atoms with van der Waals surface area (Å²) in [4.78, 5) is 45.3. The number of likely N-dealkylation sites (tertiary alicyclic amines) is 1. The molecule has 0 bridgehead atoms. The number of piperidine rings is 2.